The lowest BCUT2D eigenvalue weighted by Gasteiger charge is -2.26. The SMILES string of the molecule is CN=C(C(=CN)NC(=O)c1nc(-c2ccccc2F)sc1N)N1CCC[C@](C)(O)CC1. The van der Waals surface area contributed by atoms with Crippen LogP contribution >= 0.6 is 11.3 Å². The van der Waals surface area contributed by atoms with E-state index in [1.165, 1.54) is 12.3 Å². The Labute approximate surface area is 184 Å². The van der Waals surface area contributed by atoms with Crippen LogP contribution in [0.3, 0.4) is 0 Å². The number of aliphatic hydroxyl groups is 1. The molecule has 1 aliphatic heterocycles. The number of nitrogens with two attached hydrogens (primary N) is 2. The normalized spacial score (nSPS) is 20.5. The molecule has 2 aromatic rings. The number of hydrogen-bond donors (Lipinski definition) is 4. The summed E-state index contributed by atoms with van der Waals surface area (Å²) in [5.41, 5.74) is 11.7. The van der Waals surface area contributed by atoms with E-state index >= 15 is 0 Å². The summed E-state index contributed by atoms with van der Waals surface area (Å²) in [5.74, 6) is -0.490. The van der Waals surface area contributed by atoms with Crippen molar-refractivity contribution in [3.63, 3.8) is 0 Å². The van der Waals surface area contributed by atoms with E-state index in [0.29, 0.717) is 42.5 Å². The summed E-state index contributed by atoms with van der Waals surface area (Å²) in [6.07, 6.45) is 3.30. The Morgan fingerprint density at radius 3 is 2.81 bits per heavy atom. The zero-order chi connectivity index (χ0) is 22.6. The third kappa shape index (κ3) is 5.20. The van der Waals surface area contributed by atoms with E-state index in [-0.39, 0.29) is 16.3 Å². The van der Waals surface area contributed by atoms with E-state index in [2.05, 4.69) is 15.3 Å². The first-order chi connectivity index (χ1) is 14.8. The fraction of sp³-hybridized carbons (Fsp3) is 0.381. The van der Waals surface area contributed by atoms with Gasteiger partial charge in [0, 0.05) is 31.9 Å². The molecule has 1 amide bonds. The van der Waals surface area contributed by atoms with Gasteiger partial charge in [0.15, 0.2) is 5.69 Å². The van der Waals surface area contributed by atoms with E-state index in [4.69, 9.17) is 11.5 Å². The minimum Gasteiger partial charge on any atom is -0.403 e. The number of rotatable bonds is 4. The van der Waals surface area contributed by atoms with Gasteiger partial charge in [0.05, 0.1) is 11.3 Å². The summed E-state index contributed by atoms with van der Waals surface area (Å²) in [6.45, 7) is 3.06. The van der Waals surface area contributed by atoms with Crippen LogP contribution in [0, 0.1) is 5.82 Å². The molecule has 31 heavy (non-hydrogen) atoms. The van der Waals surface area contributed by atoms with Crippen LogP contribution in [-0.2, 0) is 0 Å². The minimum atomic E-state index is -0.735. The predicted molar refractivity (Wildman–Crippen MR) is 121 cm³/mol. The molecule has 0 bridgehead atoms. The van der Waals surface area contributed by atoms with Crippen molar-refractivity contribution >= 4 is 28.1 Å². The predicted octanol–water partition coefficient (Wildman–Crippen LogP) is 2.33. The lowest BCUT2D eigenvalue weighted by molar-refractivity contribution is 0.0462. The van der Waals surface area contributed by atoms with Gasteiger partial charge in [-0.15, -0.1) is 0 Å². The topological polar surface area (TPSA) is 130 Å². The van der Waals surface area contributed by atoms with Gasteiger partial charge >= 0.3 is 0 Å². The molecule has 1 aromatic carbocycles. The molecule has 3 rings (SSSR count). The monoisotopic (exact) mass is 446 g/mol. The van der Waals surface area contributed by atoms with Crippen LogP contribution in [0.1, 0.15) is 36.7 Å². The largest absolute Gasteiger partial charge is 0.403 e. The average molecular weight is 447 g/mol. The standard InChI is InChI=1S/C21H27FN6O2S/c1-21(30)8-5-10-28(11-9-21)18(25-2)15(12-23)26-19(29)16-17(24)31-20(27-16)13-6-3-4-7-14(13)22/h3-4,6-7,12,30H,5,8-11,23-24H2,1-2H3,(H,26,29)/t21-/m0/s1. The zero-order valence-corrected chi connectivity index (χ0v) is 18.4. The van der Waals surface area contributed by atoms with Crippen LogP contribution in [0.25, 0.3) is 10.6 Å². The molecule has 1 aliphatic rings. The van der Waals surface area contributed by atoms with Crippen LogP contribution in [0.15, 0.2) is 41.2 Å². The number of hydrogen-bond acceptors (Lipinski definition) is 7. The first-order valence-electron chi connectivity index (χ1n) is 9.94. The number of likely N-dealkylation sites (tertiary alicyclic amines) is 1. The molecule has 2 heterocycles. The Morgan fingerprint density at radius 1 is 1.39 bits per heavy atom. The van der Waals surface area contributed by atoms with E-state index < -0.39 is 17.3 Å². The molecule has 1 aromatic heterocycles. The van der Waals surface area contributed by atoms with Crippen molar-refractivity contribution in [2.45, 2.75) is 31.8 Å². The summed E-state index contributed by atoms with van der Waals surface area (Å²) >= 11 is 1.04. The number of aliphatic imine (C=N–C) groups is 1. The van der Waals surface area contributed by atoms with Crippen LogP contribution in [-0.4, -0.2) is 52.5 Å². The molecular formula is C21H27FN6O2S. The van der Waals surface area contributed by atoms with Gasteiger partial charge in [-0.05, 0) is 38.3 Å². The second-order valence-electron chi connectivity index (χ2n) is 7.63. The molecule has 1 saturated heterocycles. The van der Waals surface area contributed by atoms with Gasteiger partial charge in [-0.25, -0.2) is 9.37 Å². The molecule has 1 fully saturated rings. The number of carbonyl (C=O) groups excluding carboxylic acids is 1. The molecule has 166 valence electrons. The first kappa shape index (κ1) is 22.7. The molecule has 1 atom stereocenters. The third-order valence-corrected chi connectivity index (χ3v) is 6.12. The fourth-order valence-electron chi connectivity index (χ4n) is 3.51. The molecule has 6 N–H and O–H groups in total. The molecule has 0 saturated carbocycles. The number of anilines is 1. The fourth-order valence-corrected chi connectivity index (χ4v) is 4.36. The Morgan fingerprint density at radius 2 is 2.13 bits per heavy atom. The van der Waals surface area contributed by atoms with Crippen molar-refractivity contribution in [3.8, 4) is 10.6 Å². The Kier molecular flexibility index (Phi) is 6.91. The highest BCUT2D eigenvalue weighted by Gasteiger charge is 2.28. The minimum absolute atomic E-state index is 0.00291. The highest BCUT2D eigenvalue weighted by atomic mass is 32.1. The highest BCUT2D eigenvalue weighted by Crippen LogP contribution is 2.31. The number of halogens is 1. The van der Waals surface area contributed by atoms with Gasteiger partial charge < -0.3 is 26.8 Å². The summed E-state index contributed by atoms with van der Waals surface area (Å²) in [4.78, 5) is 23.4. The second-order valence-corrected chi connectivity index (χ2v) is 8.66. The van der Waals surface area contributed by atoms with Crippen LogP contribution in [0.2, 0.25) is 0 Å². The van der Waals surface area contributed by atoms with Crippen molar-refractivity contribution in [3.05, 3.63) is 47.7 Å². The Hall–Kier alpha value is -2.98. The van der Waals surface area contributed by atoms with Gasteiger partial charge in [0.25, 0.3) is 5.91 Å². The van der Waals surface area contributed by atoms with Crippen molar-refractivity contribution in [2.75, 3.05) is 25.9 Å². The van der Waals surface area contributed by atoms with Gasteiger partial charge in [0.2, 0.25) is 0 Å². The van der Waals surface area contributed by atoms with E-state index in [1.807, 2.05) is 11.8 Å². The number of nitrogens with one attached hydrogen (secondary N) is 1. The maximum Gasteiger partial charge on any atom is 0.277 e. The van der Waals surface area contributed by atoms with Crippen LogP contribution in [0.5, 0.6) is 0 Å². The van der Waals surface area contributed by atoms with Crippen molar-refractivity contribution in [2.24, 2.45) is 10.7 Å². The molecule has 0 spiro atoms. The number of carbonyl (C=O) groups is 1. The van der Waals surface area contributed by atoms with Crippen LogP contribution < -0.4 is 16.8 Å². The zero-order valence-electron chi connectivity index (χ0n) is 17.6. The van der Waals surface area contributed by atoms with Crippen molar-refractivity contribution in [1.82, 2.24) is 15.2 Å². The summed E-state index contributed by atoms with van der Waals surface area (Å²) in [7, 11) is 1.61. The third-order valence-electron chi connectivity index (χ3n) is 5.20. The number of amides is 1. The Bertz CT molecular complexity index is 1020. The number of aromatic nitrogens is 1. The number of nitrogen functional groups attached to an aromatic ring is 1. The first-order valence-corrected chi connectivity index (χ1v) is 10.8. The van der Waals surface area contributed by atoms with Crippen LogP contribution in [0.4, 0.5) is 9.39 Å². The summed E-state index contributed by atoms with van der Waals surface area (Å²) < 4.78 is 14.1. The maximum atomic E-state index is 14.1. The quantitative estimate of drug-likeness (QED) is 0.421. The summed E-state index contributed by atoms with van der Waals surface area (Å²) in [6, 6.07) is 6.17. The van der Waals surface area contributed by atoms with Gasteiger partial charge in [-0.3, -0.25) is 9.79 Å². The van der Waals surface area contributed by atoms with Crippen molar-refractivity contribution in [1.29, 1.82) is 0 Å². The number of nitrogens with zero attached hydrogens (tertiary/aromatic N) is 3. The molecule has 0 aliphatic carbocycles. The second kappa shape index (κ2) is 9.44. The van der Waals surface area contributed by atoms with Gasteiger partial charge in [-0.2, -0.15) is 0 Å². The maximum absolute atomic E-state index is 14.1. The average Bonchev–Trinajstić information content (AvgIpc) is 3.03. The smallest absolute Gasteiger partial charge is 0.277 e. The molecule has 0 radical (unpaired) electrons. The van der Waals surface area contributed by atoms with E-state index in [0.717, 1.165) is 17.8 Å². The number of thiazole rings is 1. The van der Waals surface area contributed by atoms with E-state index in [1.54, 1.807) is 25.2 Å². The molecular weight excluding hydrogens is 419 g/mol. The molecule has 10 heteroatoms. The molecule has 8 nitrogen and oxygen atoms in total. The van der Waals surface area contributed by atoms with Gasteiger partial charge in [0.1, 0.15) is 21.7 Å². The molecule has 0 unspecified atom stereocenters. The van der Waals surface area contributed by atoms with Crippen molar-refractivity contribution < 1.29 is 14.3 Å². The number of benzene rings is 1. The summed E-state index contributed by atoms with van der Waals surface area (Å²) in [5, 5.41) is 13.6. The van der Waals surface area contributed by atoms with Gasteiger partial charge in [-0.1, -0.05) is 23.5 Å². The lowest BCUT2D eigenvalue weighted by Crippen LogP contribution is -2.40. The number of amidine groups is 1. The highest BCUT2D eigenvalue weighted by molar-refractivity contribution is 7.19. The Balaban J connectivity index is 1.79. The van der Waals surface area contributed by atoms with E-state index in [9.17, 15) is 14.3 Å². The lowest BCUT2D eigenvalue weighted by atomic mass is 9.98.